The largest absolute Gasteiger partial charge is 0.412 e. The topological polar surface area (TPSA) is 72.5 Å². The van der Waals surface area contributed by atoms with Gasteiger partial charge >= 0.3 is 6.09 Å². The Hall–Kier alpha value is -2.95. The molecule has 0 heterocycles. The maximum atomic E-state index is 12.5. The van der Waals surface area contributed by atoms with Crippen LogP contribution in [0.3, 0.4) is 0 Å². The number of carbonyl (C=O) groups excluding carboxylic acids is 3. The second-order valence-corrected chi connectivity index (χ2v) is 4.55. The molecule has 0 spiro atoms. The van der Waals surface area contributed by atoms with Gasteiger partial charge in [0, 0.05) is 29.3 Å². The van der Waals surface area contributed by atoms with E-state index in [-0.39, 0.29) is 22.9 Å². The summed E-state index contributed by atoms with van der Waals surface area (Å²) >= 11 is 0. The molecule has 0 atom stereocenters. The monoisotopic (exact) mass is 281 g/mol. The van der Waals surface area contributed by atoms with Gasteiger partial charge in [-0.15, -0.1) is 0 Å². The molecule has 1 N–H and O–H groups in total. The first-order chi connectivity index (χ1) is 10.1. The average Bonchev–Trinajstić information content (AvgIpc) is 2.52. The fourth-order valence-electron chi connectivity index (χ4n) is 2.30. The number of fused-ring (bicyclic) bond motifs is 2. The van der Waals surface area contributed by atoms with Gasteiger partial charge in [0.25, 0.3) is 0 Å². The van der Waals surface area contributed by atoms with E-state index in [1.807, 2.05) is 0 Å². The third kappa shape index (κ3) is 2.08. The van der Waals surface area contributed by atoms with Crippen molar-refractivity contribution < 1.29 is 19.1 Å². The molecule has 5 heteroatoms. The number of hydrogen-bond acceptors (Lipinski definition) is 4. The molecular weight excluding hydrogens is 270 g/mol. The lowest BCUT2D eigenvalue weighted by Crippen LogP contribution is -2.23. The van der Waals surface area contributed by atoms with E-state index < -0.39 is 6.09 Å². The molecule has 1 aliphatic carbocycles. The molecule has 0 fully saturated rings. The van der Waals surface area contributed by atoms with Gasteiger partial charge < -0.3 is 10.1 Å². The van der Waals surface area contributed by atoms with E-state index in [0.717, 1.165) is 0 Å². The molecule has 0 aliphatic heterocycles. The van der Waals surface area contributed by atoms with E-state index in [4.69, 9.17) is 4.74 Å². The van der Waals surface area contributed by atoms with Crippen LogP contribution in [0.4, 0.5) is 4.79 Å². The van der Waals surface area contributed by atoms with E-state index in [1.165, 1.54) is 25.2 Å². The van der Waals surface area contributed by atoms with E-state index >= 15 is 0 Å². The Kier molecular flexibility index (Phi) is 3.02. The van der Waals surface area contributed by atoms with Gasteiger partial charge in [-0.1, -0.05) is 24.3 Å². The van der Waals surface area contributed by atoms with Crippen molar-refractivity contribution in [3.05, 3.63) is 64.7 Å². The Morgan fingerprint density at radius 3 is 2.10 bits per heavy atom. The number of benzene rings is 2. The molecule has 2 aromatic rings. The van der Waals surface area contributed by atoms with Gasteiger partial charge in [0.2, 0.25) is 0 Å². The Bertz CT molecular complexity index is 780. The molecule has 104 valence electrons. The van der Waals surface area contributed by atoms with Gasteiger partial charge in [-0.3, -0.25) is 9.59 Å². The van der Waals surface area contributed by atoms with Crippen LogP contribution in [0, 0.1) is 0 Å². The van der Waals surface area contributed by atoms with E-state index in [2.05, 4.69) is 5.32 Å². The molecule has 0 aromatic heterocycles. The van der Waals surface area contributed by atoms with Crippen molar-refractivity contribution in [2.75, 3.05) is 7.05 Å². The summed E-state index contributed by atoms with van der Waals surface area (Å²) in [5.74, 6) is -0.233. The Balaban J connectivity index is 2.09. The van der Waals surface area contributed by atoms with E-state index in [9.17, 15) is 14.4 Å². The van der Waals surface area contributed by atoms with Crippen LogP contribution in [0.25, 0.3) is 0 Å². The lowest BCUT2D eigenvalue weighted by Gasteiger charge is -2.17. The lowest BCUT2D eigenvalue weighted by molar-refractivity contribution is 0.0979. The van der Waals surface area contributed by atoms with Gasteiger partial charge in [-0.05, 0) is 18.2 Å². The first kappa shape index (κ1) is 13.1. The summed E-state index contributed by atoms with van der Waals surface area (Å²) in [7, 11) is 1.44. The van der Waals surface area contributed by atoms with Crippen LogP contribution in [0.15, 0.2) is 42.5 Å². The molecule has 0 unspecified atom stereocenters. The van der Waals surface area contributed by atoms with Crippen molar-refractivity contribution in [3.8, 4) is 5.75 Å². The summed E-state index contributed by atoms with van der Waals surface area (Å²) in [5, 5.41) is 2.32. The van der Waals surface area contributed by atoms with Gasteiger partial charge in [0.05, 0.1) is 0 Å². The number of amides is 1. The lowest BCUT2D eigenvalue weighted by atomic mass is 9.84. The predicted octanol–water partition coefficient (Wildman–Crippen LogP) is 2.18. The van der Waals surface area contributed by atoms with Crippen LogP contribution in [0.1, 0.15) is 31.8 Å². The highest BCUT2D eigenvalue weighted by molar-refractivity contribution is 6.28. The number of carbonyl (C=O) groups is 3. The van der Waals surface area contributed by atoms with Crippen LogP contribution in [0.2, 0.25) is 0 Å². The van der Waals surface area contributed by atoms with Gasteiger partial charge in [-0.2, -0.15) is 0 Å². The average molecular weight is 281 g/mol. The standard InChI is InChI=1S/C16H11NO4/c1-17-16(20)21-9-6-7-12-13(8-9)15(19)11-5-3-2-4-10(11)14(12)18/h2-8H,1H3,(H,17,20). The van der Waals surface area contributed by atoms with Crippen molar-refractivity contribution in [1.82, 2.24) is 5.32 Å². The summed E-state index contributed by atoms with van der Waals surface area (Å²) in [6.45, 7) is 0. The summed E-state index contributed by atoms with van der Waals surface area (Å²) in [6, 6.07) is 11.1. The van der Waals surface area contributed by atoms with Crippen LogP contribution in [-0.2, 0) is 0 Å². The minimum absolute atomic E-state index is 0.202. The molecule has 1 aliphatic rings. The predicted molar refractivity (Wildman–Crippen MR) is 74.8 cm³/mol. The minimum atomic E-state index is -0.634. The molecular formula is C16H11NO4. The van der Waals surface area contributed by atoms with Crippen LogP contribution < -0.4 is 10.1 Å². The Morgan fingerprint density at radius 2 is 1.48 bits per heavy atom. The second-order valence-electron chi connectivity index (χ2n) is 4.55. The SMILES string of the molecule is CNC(=O)Oc1ccc2c(c1)C(=O)c1ccccc1C2=O. The maximum Gasteiger partial charge on any atom is 0.412 e. The first-order valence-electron chi connectivity index (χ1n) is 6.34. The third-order valence-electron chi connectivity index (χ3n) is 3.31. The van der Waals surface area contributed by atoms with Crippen LogP contribution >= 0.6 is 0 Å². The van der Waals surface area contributed by atoms with Gasteiger partial charge in [-0.25, -0.2) is 4.79 Å². The molecule has 0 bridgehead atoms. The quantitative estimate of drug-likeness (QED) is 0.742. The zero-order valence-electron chi connectivity index (χ0n) is 11.2. The zero-order chi connectivity index (χ0) is 15.0. The highest BCUT2D eigenvalue weighted by Gasteiger charge is 2.29. The number of nitrogens with one attached hydrogen (secondary N) is 1. The summed E-state index contributed by atoms with van der Waals surface area (Å²) < 4.78 is 4.99. The van der Waals surface area contributed by atoms with Crippen molar-refractivity contribution in [3.63, 3.8) is 0 Å². The van der Waals surface area contributed by atoms with Crippen molar-refractivity contribution in [2.24, 2.45) is 0 Å². The van der Waals surface area contributed by atoms with Crippen LogP contribution in [-0.4, -0.2) is 24.7 Å². The normalized spacial score (nSPS) is 12.4. The fraction of sp³-hybridized carbons (Fsp3) is 0.0625. The summed E-state index contributed by atoms with van der Waals surface area (Å²) in [5.41, 5.74) is 1.34. The first-order valence-corrected chi connectivity index (χ1v) is 6.34. The number of ketones is 2. The summed E-state index contributed by atoms with van der Waals surface area (Å²) in [6.07, 6.45) is -0.634. The minimum Gasteiger partial charge on any atom is -0.410 e. The number of ether oxygens (including phenoxy) is 1. The third-order valence-corrected chi connectivity index (χ3v) is 3.31. The number of hydrogen-bond donors (Lipinski definition) is 1. The van der Waals surface area contributed by atoms with Gasteiger partial charge in [0.1, 0.15) is 5.75 Å². The van der Waals surface area contributed by atoms with Gasteiger partial charge in [0.15, 0.2) is 11.6 Å². The van der Waals surface area contributed by atoms with E-state index in [0.29, 0.717) is 16.7 Å². The van der Waals surface area contributed by atoms with Crippen molar-refractivity contribution >= 4 is 17.7 Å². The van der Waals surface area contributed by atoms with Crippen LogP contribution in [0.5, 0.6) is 5.75 Å². The molecule has 3 rings (SSSR count). The maximum absolute atomic E-state index is 12.5. The number of rotatable bonds is 1. The van der Waals surface area contributed by atoms with Crippen molar-refractivity contribution in [2.45, 2.75) is 0 Å². The molecule has 1 amide bonds. The smallest absolute Gasteiger partial charge is 0.410 e. The summed E-state index contributed by atoms with van der Waals surface area (Å²) in [4.78, 5) is 36.0. The highest BCUT2D eigenvalue weighted by Crippen LogP contribution is 2.29. The molecule has 21 heavy (non-hydrogen) atoms. The molecule has 5 nitrogen and oxygen atoms in total. The fourth-order valence-corrected chi connectivity index (χ4v) is 2.30. The van der Waals surface area contributed by atoms with Crippen molar-refractivity contribution in [1.29, 1.82) is 0 Å². The molecule has 2 aromatic carbocycles. The second kappa shape index (κ2) is 4.86. The highest BCUT2D eigenvalue weighted by atomic mass is 16.5. The molecule has 0 radical (unpaired) electrons. The zero-order valence-corrected chi connectivity index (χ0v) is 11.2. The molecule has 0 saturated carbocycles. The Labute approximate surface area is 120 Å². The molecule has 0 saturated heterocycles. The van der Waals surface area contributed by atoms with E-state index in [1.54, 1.807) is 24.3 Å². The Morgan fingerprint density at radius 1 is 0.905 bits per heavy atom.